The van der Waals surface area contributed by atoms with Crippen molar-refractivity contribution in [2.24, 2.45) is 0 Å². The average Bonchev–Trinajstić information content (AvgIpc) is 2.62. The third kappa shape index (κ3) is 1.57. The van der Waals surface area contributed by atoms with Crippen molar-refractivity contribution >= 4 is 16.9 Å². The summed E-state index contributed by atoms with van der Waals surface area (Å²) >= 11 is 0. The molecular formula is C10H10N2O3. The molecule has 2 rings (SSSR count). The van der Waals surface area contributed by atoms with Gasteiger partial charge in [-0.1, -0.05) is 12.1 Å². The number of hydrogen-bond donors (Lipinski definition) is 2. The summed E-state index contributed by atoms with van der Waals surface area (Å²) in [4.78, 5) is 11.0. The smallest absolute Gasteiger partial charge is 0.337 e. The number of rotatable bonds is 3. The third-order valence-electron chi connectivity index (χ3n) is 2.20. The Kier molecular flexibility index (Phi) is 2.39. The first-order chi connectivity index (χ1) is 7.24. The van der Waals surface area contributed by atoms with Crippen molar-refractivity contribution in [1.82, 2.24) is 9.78 Å². The van der Waals surface area contributed by atoms with E-state index in [0.29, 0.717) is 12.1 Å². The first kappa shape index (κ1) is 9.67. The van der Waals surface area contributed by atoms with Crippen LogP contribution in [-0.4, -0.2) is 32.6 Å². The molecule has 2 aromatic rings. The molecule has 78 valence electrons. The van der Waals surface area contributed by atoms with Gasteiger partial charge in [0.15, 0.2) is 0 Å². The van der Waals surface area contributed by atoms with Crippen LogP contribution in [0.5, 0.6) is 0 Å². The van der Waals surface area contributed by atoms with E-state index in [1.54, 1.807) is 18.3 Å². The zero-order valence-corrected chi connectivity index (χ0v) is 7.92. The van der Waals surface area contributed by atoms with Gasteiger partial charge in [0.1, 0.15) is 0 Å². The summed E-state index contributed by atoms with van der Waals surface area (Å²) in [5.74, 6) is -0.986. The van der Waals surface area contributed by atoms with E-state index in [9.17, 15) is 4.79 Å². The number of carboxylic acids is 1. The van der Waals surface area contributed by atoms with Gasteiger partial charge in [0.2, 0.25) is 0 Å². The fourth-order valence-corrected chi connectivity index (χ4v) is 1.58. The maximum absolute atomic E-state index is 11.0. The molecule has 1 aromatic carbocycles. The van der Waals surface area contributed by atoms with E-state index in [1.165, 1.54) is 10.7 Å². The highest BCUT2D eigenvalue weighted by Gasteiger charge is 2.12. The number of aromatic nitrogens is 2. The van der Waals surface area contributed by atoms with Gasteiger partial charge in [0.05, 0.1) is 30.4 Å². The molecule has 0 radical (unpaired) electrons. The Bertz CT molecular complexity index is 504. The van der Waals surface area contributed by atoms with Gasteiger partial charge in [0.25, 0.3) is 0 Å². The molecule has 0 saturated heterocycles. The van der Waals surface area contributed by atoms with Crippen LogP contribution in [0.4, 0.5) is 0 Å². The zero-order valence-electron chi connectivity index (χ0n) is 7.92. The molecule has 0 saturated carbocycles. The number of carbonyl (C=O) groups is 1. The Balaban J connectivity index is 2.69. The lowest BCUT2D eigenvalue weighted by molar-refractivity contribution is 0.0698. The lowest BCUT2D eigenvalue weighted by atomic mass is 10.1. The van der Waals surface area contributed by atoms with E-state index < -0.39 is 5.97 Å². The van der Waals surface area contributed by atoms with Gasteiger partial charge in [-0.2, -0.15) is 5.10 Å². The number of carboxylic acid groups (broad SMARTS) is 1. The highest BCUT2D eigenvalue weighted by atomic mass is 16.4. The van der Waals surface area contributed by atoms with E-state index in [-0.39, 0.29) is 12.2 Å². The van der Waals surface area contributed by atoms with Crippen LogP contribution in [0.15, 0.2) is 24.4 Å². The standard InChI is InChI=1S/C10H10N2O3/c13-5-4-12-9-7(6-11-12)2-1-3-8(9)10(14)15/h1-3,6,13H,4-5H2,(H,14,15). The van der Waals surface area contributed by atoms with Crippen molar-refractivity contribution in [1.29, 1.82) is 0 Å². The number of aliphatic hydroxyl groups excluding tert-OH is 1. The normalized spacial score (nSPS) is 10.7. The number of hydrogen-bond acceptors (Lipinski definition) is 3. The van der Waals surface area contributed by atoms with Crippen LogP contribution in [0.1, 0.15) is 10.4 Å². The van der Waals surface area contributed by atoms with Gasteiger partial charge in [-0.05, 0) is 6.07 Å². The molecule has 5 heteroatoms. The lowest BCUT2D eigenvalue weighted by Gasteiger charge is -2.03. The second kappa shape index (κ2) is 3.70. The minimum atomic E-state index is -0.986. The van der Waals surface area contributed by atoms with Gasteiger partial charge < -0.3 is 10.2 Å². The van der Waals surface area contributed by atoms with Crippen molar-refractivity contribution in [2.75, 3.05) is 6.61 Å². The number of aliphatic hydroxyl groups is 1. The van der Waals surface area contributed by atoms with Gasteiger partial charge in [-0.15, -0.1) is 0 Å². The van der Waals surface area contributed by atoms with Crippen LogP contribution in [-0.2, 0) is 6.54 Å². The van der Waals surface area contributed by atoms with Crippen molar-refractivity contribution in [3.05, 3.63) is 30.0 Å². The molecule has 5 nitrogen and oxygen atoms in total. The molecule has 15 heavy (non-hydrogen) atoms. The summed E-state index contributed by atoms with van der Waals surface area (Å²) in [7, 11) is 0. The van der Waals surface area contributed by atoms with E-state index in [0.717, 1.165) is 5.39 Å². The second-order valence-corrected chi connectivity index (χ2v) is 3.14. The number of para-hydroxylation sites is 1. The second-order valence-electron chi connectivity index (χ2n) is 3.14. The van der Waals surface area contributed by atoms with Crippen molar-refractivity contribution < 1.29 is 15.0 Å². The van der Waals surface area contributed by atoms with Crippen LogP contribution < -0.4 is 0 Å². The van der Waals surface area contributed by atoms with E-state index in [1.807, 2.05) is 0 Å². The molecule has 0 fully saturated rings. The predicted octanol–water partition coefficient (Wildman–Crippen LogP) is 0.727. The van der Waals surface area contributed by atoms with Gasteiger partial charge in [-0.3, -0.25) is 4.68 Å². The maximum atomic E-state index is 11.0. The molecule has 0 aliphatic heterocycles. The van der Waals surface area contributed by atoms with Crippen LogP contribution >= 0.6 is 0 Å². The Hall–Kier alpha value is -1.88. The van der Waals surface area contributed by atoms with Crippen molar-refractivity contribution in [3.8, 4) is 0 Å². The first-order valence-corrected chi connectivity index (χ1v) is 4.52. The van der Waals surface area contributed by atoms with Gasteiger partial charge in [0, 0.05) is 5.39 Å². The molecule has 0 aliphatic rings. The number of nitrogens with zero attached hydrogens (tertiary/aromatic N) is 2. The molecule has 0 amide bonds. The summed E-state index contributed by atoms with van der Waals surface area (Å²) in [6, 6.07) is 5.00. The summed E-state index contributed by atoms with van der Waals surface area (Å²) in [5, 5.41) is 22.6. The van der Waals surface area contributed by atoms with Crippen LogP contribution in [0.3, 0.4) is 0 Å². The van der Waals surface area contributed by atoms with Crippen molar-refractivity contribution in [3.63, 3.8) is 0 Å². The summed E-state index contributed by atoms with van der Waals surface area (Å²) in [6.45, 7) is 0.235. The highest BCUT2D eigenvalue weighted by molar-refractivity contribution is 6.01. The number of aromatic carboxylic acids is 1. The molecular weight excluding hydrogens is 196 g/mol. The zero-order chi connectivity index (χ0) is 10.8. The third-order valence-corrected chi connectivity index (χ3v) is 2.20. The van der Waals surface area contributed by atoms with E-state index in [4.69, 9.17) is 10.2 Å². The van der Waals surface area contributed by atoms with Gasteiger partial charge >= 0.3 is 5.97 Å². The first-order valence-electron chi connectivity index (χ1n) is 4.52. The fourth-order valence-electron chi connectivity index (χ4n) is 1.58. The SMILES string of the molecule is O=C(O)c1cccc2cnn(CCO)c12. The Morgan fingerprint density at radius 2 is 2.27 bits per heavy atom. The molecule has 0 bridgehead atoms. The molecule has 0 aliphatic carbocycles. The lowest BCUT2D eigenvalue weighted by Crippen LogP contribution is -2.07. The largest absolute Gasteiger partial charge is 0.478 e. The van der Waals surface area contributed by atoms with E-state index in [2.05, 4.69) is 5.10 Å². The monoisotopic (exact) mass is 206 g/mol. The Morgan fingerprint density at radius 3 is 2.93 bits per heavy atom. The molecule has 0 unspecified atom stereocenters. The fraction of sp³-hybridized carbons (Fsp3) is 0.200. The van der Waals surface area contributed by atoms with Crippen LogP contribution in [0.2, 0.25) is 0 Å². The van der Waals surface area contributed by atoms with Crippen LogP contribution in [0, 0.1) is 0 Å². The van der Waals surface area contributed by atoms with Crippen LogP contribution in [0.25, 0.3) is 10.9 Å². The van der Waals surface area contributed by atoms with Crippen molar-refractivity contribution in [2.45, 2.75) is 6.54 Å². The highest BCUT2D eigenvalue weighted by Crippen LogP contribution is 2.18. The topological polar surface area (TPSA) is 75.3 Å². The molecule has 2 N–H and O–H groups in total. The molecule has 1 aromatic heterocycles. The van der Waals surface area contributed by atoms with E-state index >= 15 is 0 Å². The Morgan fingerprint density at radius 1 is 1.47 bits per heavy atom. The summed E-state index contributed by atoms with van der Waals surface area (Å²) < 4.78 is 1.50. The molecule has 1 heterocycles. The number of benzene rings is 1. The molecule has 0 spiro atoms. The minimum absolute atomic E-state index is 0.0647. The number of fused-ring (bicyclic) bond motifs is 1. The maximum Gasteiger partial charge on any atom is 0.337 e. The Labute approximate surface area is 85.6 Å². The van der Waals surface area contributed by atoms with Gasteiger partial charge in [-0.25, -0.2) is 4.79 Å². The average molecular weight is 206 g/mol. The quantitative estimate of drug-likeness (QED) is 0.776. The minimum Gasteiger partial charge on any atom is -0.478 e. The summed E-state index contributed by atoms with van der Waals surface area (Å²) in [5.41, 5.74) is 0.762. The molecule has 0 atom stereocenters. The predicted molar refractivity (Wildman–Crippen MR) is 53.8 cm³/mol. The summed E-state index contributed by atoms with van der Waals surface area (Å²) in [6.07, 6.45) is 1.59.